The van der Waals surface area contributed by atoms with E-state index in [1.165, 1.54) is 0 Å². The first-order valence-corrected chi connectivity index (χ1v) is 9.27. The maximum atomic E-state index is 12.6. The summed E-state index contributed by atoms with van der Waals surface area (Å²) in [5.74, 6) is -0.953. The van der Waals surface area contributed by atoms with E-state index in [9.17, 15) is 18.0 Å². The molecule has 29 heavy (non-hydrogen) atoms. The number of benzene rings is 1. The monoisotopic (exact) mass is 425 g/mol. The Balaban J connectivity index is 1.60. The van der Waals surface area contributed by atoms with Crippen molar-refractivity contribution in [3.8, 4) is 11.6 Å². The number of nitrogens with zero attached hydrogens (tertiary/aromatic N) is 1. The number of alkyl halides is 3. The summed E-state index contributed by atoms with van der Waals surface area (Å²) in [7, 11) is 0. The van der Waals surface area contributed by atoms with Crippen LogP contribution in [0.1, 0.15) is 19.5 Å². The Hall–Kier alpha value is -2.54. The topological polar surface area (TPSA) is 48.4 Å². The smallest absolute Gasteiger partial charge is 0.426 e. The van der Waals surface area contributed by atoms with Crippen molar-refractivity contribution in [3.05, 3.63) is 65.3 Å². The first kappa shape index (κ1) is 21.2. The molecule has 2 aromatic rings. The van der Waals surface area contributed by atoms with Crippen LogP contribution in [0.3, 0.4) is 0 Å². The number of halogens is 4. The van der Waals surface area contributed by atoms with Gasteiger partial charge in [-0.2, -0.15) is 13.2 Å². The lowest BCUT2D eigenvalue weighted by atomic mass is 10.1. The molecule has 1 fully saturated rings. The third-order valence-electron chi connectivity index (χ3n) is 4.87. The van der Waals surface area contributed by atoms with Crippen LogP contribution in [0.25, 0.3) is 0 Å². The van der Waals surface area contributed by atoms with Gasteiger partial charge in [0.2, 0.25) is 5.88 Å². The summed E-state index contributed by atoms with van der Waals surface area (Å²) in [6.45, 7) is 3.29. The van der Waals surface area contributed by atoms with Crippen molar-refractivity contribution in [2.75, 3.05) is 0 Å². The summed E-state index contributed by atoms with van der Waals surface area (Å²) in [5, 5.41) is -1.22. The lowest BCUT2D eigenvalue weighted by Gasteiger charge is -2.08. The Bertz CT molecular complexity index is 913. The van der Waals surface area contributed by atoms with Crippen molar-refractivity contribution in [3.63, 3.8) is 0 Å². The van der Waals surface area contributed by atoms with Crippen LogP contribution >= 0.6 is 11.6 Å². The van der Waals surface area contributed by atoms with E-state index in [1.54, 1.807) is 44.2 Å². The third-order valence-corrected chi connectivity index (χ3v) is 5.21. The average Bonchev–Trinajstić information content (AvgIpc) is 3.20. The Kier molecular flexibility index (Phi) is 5.89. The molecule has 0 aliphatic heterocycles. The highest BCUT2D eigenvalue weighted by molar-refractivity contribution is 6.30. The second kappa shape index (κ2) is 8.06. The zero-order valence-corrected chi connectivity index (χ0v) is 16.5. The predicted octanol–water partition coefficient (Wildman–Crippen LogP) is 5.87. The van der Waals surface area contributed by atoms with Gasteiger partial charge >= 0.3 is 12.1 Å². The minimum absolute atomic E-state index is 0.110. The SMILES string of the molecule is CC1(C)[C@H](C=C(Cl)C(F)(F)F)[C@@H]1C(=O)OCc1cccc(Oc2ccccc2)n1. The van der Waals surface area contributed by atoms with Crippen LogP contribution < -0.4 is 4.74 Å². The van der Waals surface area contributed by atoms with Crippen molar-refractivity contribution >= 4 is 17.6 Å². The highest BCUT2D eigenvalue weighted by Gasteiger charge is 2.62. The first-order chi connectivity index (χ1) is 13.6. The highest BCUT2D eigenvalue weighted by atomic mass is 35.5. The molecule has 2 atom stereocenters. The van der Waals surface area contributed by atoms with Gasteiger partial charge < -0.3 is 9.47 Å². The van der Waals surface area contributed by atoms with Crippen molar-refractivity contribution in [2.45, 2.75) is 26.6 Å². The zero-order valence-electron chi connectivity index (χ0n) is 15.7. The summed E-state index contributed by atoms with van der Waals surface area (Å²) in [6.07, 6.45) is -3.74. The average molecular weight is 426 g/mol. The summed E-state index contributed by atoms with van der Waals surface area (Å²) in [4.78, 5) is 16.7. The molecule has 1 aromatic heterocycles. The van der Waals surface area contributed by atoms with Crippen molar-refractivity contribution in [1.82, 2.24) is 4.98 Å². The predicted molar refractivity (Wildman–Crippen MR) is 101 cm³/mol. The summed E-state index contributed by atoms with van der Waals surface area (Å²) < 4.78 is 48.8. The number of carbonyl (C=O) groups excluding carboxylic acids is 1. The number of hydrogen-bond acceptors (Lipinski definition) is 4. The number of pyridine rings is 1. The largest absolute Gasteiger partial charge is 0.459 e. The molecule has 0 radical (unpaired) electrons. The molecule has 1 aliphatic rings. The van der Waals surface area contributed by atoms with Gasteiger partial charge in [-0.3, -0.25) is 4.79 Å². The molecular formula is C21H19ClF3NO3. The molecule has 3 rings (SSSR count). The van der Waals surface area contributed by atoms with Crippen molar-refractivity contribution < 1.29 is 27.4 Å². The third kappa shape index (κ3) is 5.09. The standard InChI is InChI=1S/C21H19ClF3NO3/c1-20(2)15(11-16(22)21(23,24)25)18(20)19(27)28-12-13-7-6-10-17(26-13)29-14-8-4-3-5-9-14/h3-11,15,18H,12H2,1-2H3/t15-,18-/m1/s1. The zero-order chi connectivity index (χ0) is 21.2. The molecule has 0 unspecified atom stereocenters. The van der Waals surface area contributed by atoms with Gasteiger partial charge in [-0.25, -0.2) is 4.98 Å². The van der Waals surface area contributed by atoms with E-state index in [1.807, 2.05) is 18.2 Å². The molecule has 8 heteroatoms. The molecule has 0 saturated heterocycles. The van der Waals surface area contributed by atoms with E-state index in [-0.39, 0.29) is 6.61 Å². The quantitative estimate of drug-likeness (QED) is 0.543. The van der Waals surface area contributed by atoms with Crippen LogP contribution in [0, 0.1) is 17.3 Å². The van der Waals surface area contributed by atoms with Gasteiger partial charge in [0.1, 0.15) is 17.4 Å². The lowest BCUT2D eigenvalue weighted by molar-refractivity contribution is -0.147. The van der Waals surface area contributed by atoms with Crippen molar-refractivity contribution in [2.24, 2.45) is 17.3 Å². The Morgan fingerprint density at radius 1 is 1.17 bits per heavy atom. The minimum Gasteiger partial charge on any atom is -0.459 e. The Labute approximate surface area is 171 Å². The van der Waals surface area contributed by atoms with E-state index in [0.717, 1.165) is 6.08 Å². The molecule has 0 bridgehead atoms. The number of rotatable bonds is 6. The van der Waals surface area contributed by atoms with Crippen LogP contribution in [0.15, 0.2) is 59.6 Å². The van der Waals surface area contributed by atoms with Gasteiger partial charge in [0.15, 0.2) is 0 Å². The summed E-state index contributed by atoms with van der Waals surface area (Å²) in [6, 6.07) is 14.1. The number of aromatic nitrogens is 1. The number of allylic oxidation sites excluding steroid dienone is 2. The van der Waals surface area contributed by atoms with Crippen LogP contribution in [0.5, 0.6) is 11.6 Å². The fourth-order valence-electron chi connectivity index (χ4n) is 3.13. The molecular weight excluding hydrogens is 407 g/mol. The second-order valence-corrected chi connectivity index (χ2v) is 7.73. The molecule has 0 N–H and O–H groups in total. The number of para-hydroxylation sites is 1. The van der Waals surface area contributed by atoms with E-state index in [0.29, 0.717) is 17.3 Å². The highest BCUT2D eigenvalue weighted by Crippen LogP contribution is 2.60. The molecule has 1 saturated carbocycles. The molecule has 1 heterocycles. The normalized spacial score (nSPS) is 20.8. The molecule has 0 amide bonds. The maximum Gasteiger partial charge on any atom is 0.426 e. The van der Waals surface area contributed by atoms with Gasteiger partial charge in [0, 0.05) is 6.07 Å². The van der Waals surface area contributed by atoms with Crippen LogP contribution in [0.2, 0.25) is 0 Å². The van der Waals surface area contributed by atoms with E-state index in [2.05, 4.69) is 4.98 Å². The van der Waals surface area contributed by atoms with Gasteiger partial charge in [0.25, 0.3) is 0 Å². The molecule has 1 aliphatic carbocycles. The number of carbonyl (C=O) groups is 1. The molecule has 154 valence electrons. The molecule has 0 spiro atoms. The van der Waals surface area contributed by atoms with Gasteiger partial charge in [-0.15, -0.1) is 0 Å². The number of ether oxygens (including phenoxy) is 2. The van der Waals surface area contributed by atoms with Gasteiger partial charge in [0.05, 0.1) is 11.6 Å². The molecule has 4 nitrogen and oxygen atoms in total. The molecule has 1 aromatic carbocycles. The fourth-order valence-corrected chi connectivity index (χ4v) is 3.27. The van der Waals surface area contributed by atoms with E-state index < -0.39 is 34.4 Å². The number of esters is 1. The second-order valence-electron chi connectivity index (χ2n) is 7.33. The summed E-state index contributed by atoms with van der Waals surface area (Å²) >= 11 is 5.31. The number of hydrogen-bond donors (Lipinski definition) is 0. The van der Waals surface area contributed by atoms with Gasteiger partial charge in [-0.05, 0) is 29.5 Å². The van der Waals surface area contributed by atoms with E-state index in [4.69, 9.17) is 21.1 Å². The fraction of sp³-hybridized carbons (Fsp3) is 0.333. The Morgan fingerprint density at radius 2 is 1.86 bits per heavy atom. The van der Waals surface area contributed by atoms with E-state index >= 15 is 0 Å². The lowest BCUT2D eigenvalue weighted by Crippen LogP contribution is -2.11. The summed E-state index contributed by atoms with van der Waals surface area (Å²) in [5.41, 5.74) is -0.195. The minimum atomic E-state index is -4.63. The van der Waals surface area contributed by atoms with Crippen LogP contribution in [-0.2, 0) is 16.1 Å². The Morgan fingerprint density at radius 3 is 2.52 bits per heavy atom. The van der Waals surface area contributed by atoms with Gasteiger partial charge in [-0.1, -0.05) is 55.8 Å². The van der Waals surface area contributed by atoms with Crippen molar-refractivity contribution in [1.29, 1.82) is 0 Å². The first-order valence-electron chi connectivity index (χ1n) is 8.89. The van der Waals surface area contributed by atoms with Crippen LogP contribution in [-0.4, -0.2) is 17.1 Å². The van der Waals surface area contributed by atoms with Crippen LogP contribution in [0.4, 0.5) is 13.2 Å². The maximum absolute atomic E-state index is 12.6.